The number of likely N-dealkylation sites (N-methyl/N-ethyl adjacent to an activating group) is 1. The number of nitrogens with one attached hydrogen (secondary N) is 2. The zero-order valence-electron chi connectivity index (χ0n) is 22.7. The Kier molecular flexibility index (Phi) is 8.70. The number of carbonyl (C=O) groups is 1. The lowest BCUT2D eigenvalue weighted by Crippen LogP contribution is -2.42. The van der Waals surface area contributed by atoms with E-state index >= 15 is 0 Å². The van der Waals surface area contributed by atoms with Gasteiger partial charge in [0.15, 0.2) is 0 Å². The van der Waals surface area contributed by atoms with E-state index in [0.717, 1.165) is 23.2 Å². The van der Waals surface area contributed by atoms with Crippen LogP contribution in [0.4, 0.5) is 42.2 Å². The molecule has 13 heteroatoms. The van der Waals surface area contributed by atoms with Crippen molar-refractivity contribution in [2.45, 2.75) is 38.5 Å². The van der Waals surface area contributed by atoms with E-state index < -0.39 is 46.2 Å². The van der Waals surface area contributed by atoms with Crippen molar-refractivity contribution < 1.29 is 40.3 Å². The minimum absolute atomic E-state index is 0.00752. The van der Waals surface area contributed by atoms with Gasteiger partial charge >= 0.3 is 12.4 Å². The van der Waals surface area contributed by atoms with Gasteiger partial charge in [0.1, 0.15) is 17.4 Å². The summed E-state index contributed by atoms with van der Waals surface area (Å²) in [5, 5.41) is 11.0. The Hall–Kier alpha value is -4.16. The molecule has 0 aliphatic carbocycles. The van der Waals surface area contributed by atoms with Crippen LogP contribution in [0, 0.1) is 11.2 Å². The molecule has 220 valence electrons. The van der Waals surface area contributed by atoms with Gasteiger partial charge in [-0.25, -0.2) is 9.37 Å². The molecule has 0 unspecified atom stereocenters. The molecule has 2 aromatic carbocycles. The second-order valence-electron chi connectivity index (χ2n) is 9.58. The predicted molar refractivity (Wildman–Crippen MR) is 141 cm³/mol. The standard InChI is InChI=1S/C28H27F7N4O2/c1-6-37-24-20(13-36)23(19-8-7-18(29)12-22(19)41-5)21(14-38-24)39(4)25(40)26(2,3)15-9-16(27(30,31)32)11-17(10-15)28(33,34)35/h7-14,36H,6H2,1-5H3,(H,37,38). The summed E-state index contributed by atoms with van der Waals surface area (Å²) in [4.78, 5) is 19.2. The Bertz CT molecular complexity index is 1430. The number of halogens is 7. The van der Waals surface area contributed by atoms with Crippen LogP contribution in [0.1, 0.15) is 43.0 Å². The minimum atomic E-state index is -5.10. The van der Waals surface area contributed by atoms with Crippen LogP contribution in [-0.4, -0.2) is 37.8 Å². The number of methoxy groups -OCH3 is 1. The van der Waals surface area contributed by atoms with Crippen molar-refractivity contribution in [3.05, 3.63) is 70.7 Å². The summed E-state index contributed by atoms with van der Waals surface area (Å²) in [6.45, 7) is 4.60. The van der Waals surface area contributed by atoms with E-state index in [4.69, 9.17) is 10.1 Å². The third kappa shape index (κ3) is 6.28. The lowest BCUT2D eigenvalue weighted by Gasteiger charge is -2.32. The molecule has 1 aromatic heterocycles. The molecule has 0 bridgehead atoms. The summed E-state index contributed by atoms with van der Waals surface area (Å²) in [6.07, 6.45) is -7.97. The van der Waals surface area contributed by atoms with Gasteiger partial charge in [-0.1, -0.05) is 0 Å². The van der Waals surface area contributed by atoms with Gasteiger partial charge in [0.25, 0.3) is 0 Å². The number of hydrogen-bond donors (Lipinski definition) is 2. The van der Waals surface area contributed by atoms with Crippen molar-refractivity contribution >= 4 is 23.6 Å². The number of ether oxygens (including phenoxy) is 1. The van der Waals surface area contributed by atoms with Crippen LogP contribution < -0.4 is 15.0 Å². The quantitative estimate of drug-likeness (QED) is 0.215. The summed E-state index contributed by atoms with van der Waals surface area (Å²) in [5.41, 5.74) is -4.81. The van der Waals surface area contributed by atoms with Gasteiger partial charge in [-0.15, -0.1) is 0 Å². The molecule has 1 amide bonds. The smallest absolute Gasteiger partial charge is 0.416 e. The van der Waals surface area contributed by atoms with Gasteiger partial charge in [-0.2, -0.15) is 26.3 Å². The highest BCUT2D eigenvalue weighted by Crippen LogP contribution is 2.43. The number of aromatic nitrogens is 1. The number of amides is 1. The van der Waals surface area contributed by atoms with Gasteiger partial charge in [0.2, 0.25) is 5.91 Å². The normalized spacial score (nSPS) is 12.2. The maximum absolute atomic E-state index is 14.0. The fraction of sp³-hybridized carbons (Fsp3) is 0.321. The number of benzene rings is 2. The summed E-state index contributed by atoms with van der Waals surface area (Å²) in [5.74, 6) is -1.20. The number of hydrogen-bond acceptors (Lipinski definition) is 5. The van der Waals surface area contributed by atoms with Gasteiger partial charge in [0.05, 0.1) is 35.5 Å². The fourth-order valence-corrected chi connectivity index (χ4v) is 4.34. The number of nitrogens with zero attached hydrogens (tertiary/aromatic N) is 2. The molecule has 41 heavy (non-hydrogen) atoms. The van der Waals surface area contributed by atoms with E-state index in [9.17, 15) is 35.5 Å². The van der Waals surface area contributed by atoms with E-state index in [1.54, 1.807) is 6.92 Å². The molecule has 2 N–H and O–H groups in total. The van der Waals surface area contributed by atoms with E-state index in [0.29, 0.717) is 18.7 Å². The average molecular weight is 585 g/mol. The summed E-state index contributed by atoms with van der Waals surface area (Å²) in [6, 6.07) is 4.61. The second kappa shape index (κ2) is 11.4. The largest absolute Gasteiger partial charge is 0.496 e. The van der Waals surface area contributed by atoms with Gasteiger partial charge in [-0.3, -0.25) is 4.79 Å². The first-order valence-electron chi connectivity index (χ1n) is 12.2. The number of alkyl halides is 6. The van der Waals surface area contributed by atoms with Crippen LogP contribution >= 0.6 is 0 Å². The number of rotatable bonds is 8. The Labute approximate surface area is 231 Å². The molecule has 0 saturated carbocycles. The molecule has 0 radical (unpaired) electrons. The monoisotopic (exact) mass is 584 g/mol. The zero-order chi connectivity index (χ0) is 30.9. The van der Waals surface area contributed by atoms with E-state index in [-0.39, 0.29) is 40.0 Å². The number of pyridine rings is 1. The molecule has 1 heterocycles. The first-order chi connectivity index (χ1) is 19.0. The van der Waals surface area contributed by atoms with Crippen molar-refractivity contribution in [3.63, 3.8) is 0 Å². The van der Waals surface area contributed by atoms with Gasteiger partial charge in [-0.05, 0) is 56.7 Å². The van der Waals surface area contributed by atoms with E-state index in [2.05, 4.69) is 10.3 Å². The molecule has 0 aliphatic heterocycles. The van der Waals surface area contributed by atoms with Crippen molar-refractivity contribution in [2.75, 3.05) is 30.9 Å². The van der Waals surface area contributed by atoms with Crippen molar-refractivity contribution in [1.29, 1.82) is 5.41 Å². The summed E-state index contributed by atoms with van der Waals surface area (Å²) in [7, 11) is 2.57. The molecule has 3 aromatic rings. The first-order valence-corrected chi connectivity index (χ1v) is 12.2. The highest BCUT2D eigenvalue weighted by atomic mass is 19.4. The van der Waals surface area contributed by atoms with Crippen LogP contribution in [0.5, 0.6) is 5.75 Å². The maximum Gasteiger partial charge on any atom is 0.416 e. The molecule has 0 atom stereocenters. The maximum atomic E-state index is 14.0. The van der Waals surface area contributed by atoms with Crippen LogP contribution in [0.3, 0.4) is 0 Å². The molecule has 0 fully saturated rings. The Balaban J connectivity index is 2.26. The highest BCUT2D eigenvalue weighted by Gasteiger charge is 2.41. The van der Waals surface area contributed by atoms with E-state index in [1.165, 1.54) is 40.3 Å². The summed E-state index contributed by atoms with van der Waals surface area (Å²) < 4.78 is 101. The topological polar surface area (TPSA) is 78.3 Å². The van der Waals surface area contributed by atoms with Crippen molar-refractivity contribution in [3.8, 4) is 16.9 Å². The fourth-order valence-electron chi connectivity index (χ4n) is 4.34. The lowest BCUT2D eigenvalue weighted by molar-refractivity contribution is -0.143. The molecule has 3 rings (SSSR count). The van der Waals surface area contributed by atoms with Crippen LogP contribution in [0.25, 0.3) is 11.1 Å². The molecule has 0 aliphatic rings. The summed E-state index contributed by atoms with van der Waals surface area (Å²) >= 11 is 0. The van der Waals surface area contributed by atoms with Crippen LogP contribution in [-0.2, 0) is 22.6 Å². The molecule has 0 spiro atoms. The van der Waals surface area contributed by atoms with Crippen LogP contribution in [0.2, 0.25) is 0 Å². The Morgan fingerprint density at radius 1 is 1.02 bits per heavy atom. The Morgan fingerprint density at radius 3 is 2.07 bits per heavy atom. The first kappa shape index (κ1) is 31.4. The number of carbonyl (C=O) groups excluding carboxylic acids is 1. The Morgan fingerprint density at radius 2 is 1.59 bits per heavy atom. The minimum Gasteiger partial charge on any atom is -0.496 e. The molecule has 6 nitrogen and oxygen atoms in total. The van der Waals surface area contributed by atoms with E-state index in [1.807, 2.05) is 0 Å². The van der Waals surface area contributed by atoms with Crippen molar-refractivity contribution in [1.82, 2.24) is 4.98 Å². The predicted octanol–water partition coefficient (Wildman–Crippen LogP) is 7.30. The van der Waals surface area contributed by atoms with Crippen LogP contribution in [0.15, 0.2) is 42.6 Å². The molecular formula is C28H27F7N4O2. The third-order valence-electron chi connectivity index (χ3n) is 6.53. The zero-order valence-corrected chi connectivity index (χ0v) is 22.7. The molecule has 0 saturated heterocycles. The number of anilines is 2. The third-order valence-corrected chi connectivity index (χ3v) is 6.53. The SMILES string of the molecule is CCNc1ncc(N(C)C(=O)C(C)(C)c2cc(C(F)(F)F)cc(C(F)(F)F)c2)c(-c2ccc(F)cc2OC)c1C=N. The highest BCUT2D eigenvalue weighted by molar-refractivity contribution is 6.07. The molecular weight excluding hydrogens is 557 g/mol. The second-order valence-corrected chi connectivity index (χ2v) is 9.58. The van der Waals surface area contributed by atoms with Crippen molar-refractivity contribution in [2.24, 2.45) is 0 Å². The van der Waals surface area contributed by atoms with Gasteiger partial charge < -0.3 is 20.4 Å². The lowest BCUT2D eigenvalue weighted by atomic mass is 9.81. The average Bonchev–Trinajstić information content (AvgIpc) is 2.90. The van der Waals surface area contributed by atoms with Gasteiger partial charge in [0, 0.05) is 42.6 Å².